The Balaban J connectivity index is 1.70. The van der Waals surface area contributed by atoms with Gasteiger partial charge in [0.1, 0.15) is 6.54 Å². The van der Waals surface area contributed by atoms with E-state index >= 15 is 0 Å². The molecule has 1 fully saturated rings. The van der Waals surface area contributed by atoms with Gasteiger partial charge in [-0.25, -0.2) is 14.6 Å². The number of carbonyl (C=O) groups excluding carboxylic acids is 1. The highest BCUT2D eigenvalue weighted by molar-refractivity contribution is 5.70. The number of fused-ring (bicyclic) bond motifs is 3. The Morgan fingerprint density at radius 3 is 2.81 bits per heavy atom. The fraction of sp³-hybridized carbons (Fsp3) is 0.500. The molecule has 1 aliphatic heterocycles. The zero-order valence-corrected chi connectivity index (χ0v) is 14.8. The third-order valence-corrected chi connectivity index (χ3v) is 4.96. The molecule has 0 spiro atoms. The number of hydrogen-bond acceptors (Lipinski definition) is 7. The zero-order chi connectivity index (χ0) is 18.1. The Kier molecular flexibility index (Phi) is 4.40. The second kappa shape index (κ2) is 6.86. The molecule has 8 nitrogen and oxygen atoms in total. The first-order chi connectivity index (χ1) is 12.7. The van der Waals surface area contributed by atoms with Crippen LogP contribution in [0.5, 0.6) is 0 Å². The number of anilines is 1. The normalized spacial score (nSPS) is 16.0. The molecular formula is C18H21N5O3. The lowest BCUT2D eigenvalue weighted by molar-refractivity contribution is -0.141. The largest absolute Gasteiger partial charge is 0.468 e. The smallest absolute Gasteiger partial charge is 0.327 e. The quantitative estimate of drug-likeness (QED) is 0.758. The van der Waals surface area contributed by atoms with Crippen molar-refractivity contribution in [1.82, 2.24) is 19.7 Å². The van der Waals surface area contributed by atoms with Crippen molar-refractivity contribution in [3.63, 3.8) is 0 Å². The molecule has 1 aliphatic carbocycles. The van der Waals surface area contributed by atoms with Crippen molar-refractivity contribution in [2.45, 2.75) is 38.6 Å². The topological polar surface area (TPSA) is 90.2 Å². The molecule has 0 bridgehead atoms. The number of esters is 1. The molecule has 0 aromatic carbocycles. The van der Waals surface area contributed by atoms with Crippen molar-refractivity contribution in [3.8, 4) is 11.3 Å². The fourth-order valence-corrected chi connectivity index (χ4v) is 3.54. The van der Waals surface area contributed by atoms with E-state index in [4.69, 9.17) is 4.98 Å². The van der Waals surface area contributed by atoms with Crippen molar-refractivity contribution < 1.29 is 9.53 Å². The monoisotopic (exact) mass is 355 g/mol. The predicted molar refractivity (Wildman–Crippen MR) is 95.0 cm³/mol. The number of rotatable bonds is 3. The maximum atomic E-state index is 12.2. The van der Waals surface area contributed by atoms with E-state index in [9.17, 15) is 9.59 Å². The number of piperidine rings is 1. The van der Waals surface area contributed by atoms with Gasteiger partial charge in [0.15, 0.2) is 0 Å². The van der Waals surface area contributed by atoms with Gasteiger partial charge in [-0.15, -0.1) is 0 Å². The second-order valence-electron chi connectivity index (χ2n) is 6.67. The highest BCUT2D eigenvalue weighted by atomic mass is 16.5. The zero-order valence-electron chi connectivity index (χ0n) is 14.8. The van der Waals surface area contributed by atoms with E-state index in [1.165, 1.54) is 26.4 Å². The minimum atomic E-state index is -0.507. The summed E-state index contributed by atoms with van der Waals surface area (Å²) < 4.78 is 5.77. The van der Waals surface area contributed by atoms with Crippen molar-refractivity contribution >= 4 is 11.9 Å². The van der Waals surface area contributed by atoms with Crippen LogP contribution in [0.1, 0.15) is 30.5 Å². The number of aromatic nitrogens is 4. The van der Waals surface area contributed by atoms with Crippen LogP contribution in [0.4, 0.5) is 5.95 Å². The highest BCUT2D eigenvalue weighted by Gasteiger charge is 2.23. The fourth-order valence-electron chi connectivity index (χ4n) is 3.54. The molecule has 0 N–H and O–H groups in total. The highest BCUT2D eigenvalue weighted by Crippen LogP contribution is 2.30. The summed E-state index contributed by atoms with van der Waals surface area (Å²) in [6.07, 6.45) is 6.86. The molecule has 0 unspecified atom stereocenters. The lowest BCUT2D eigenvalue weighted by Crippen LogP contribution is -2.32. The van der Waals surface area contributed by atoms with E-state index in [1.54, 1.807) is 12.3 Å². The van der Waals surface area contributed by atoms with Gasteiger partial charge in [-0.1, -0.05) is 0 Å². The van der Waals surface area contributed by atoms with Crippen LogP contribution in [-0.4, -0.2) is 45.9 Å². The lowest BCUT2D eigenvalue weighted by atomic mass is 9.94. The molecule has 0 saturated carbocycles. The Morgan fingerprint density at radius 2 is 2.04 bits per heavy atom. The standard InChI is InChI=1S/C18H21N5O3/c1-26-16(25)11-23-15(24)9-12-5-6-14-13(17(12)21-23)10-19-18(20-14)22-7-3-2-4-8-22/h9-10H,2-8,11H2,1H3. The van der Waals surface area contributed by atoms with Crippen LogP contribution in [0.3, 0.4) is 0 Å². The Bertz CT molecular complexity index is 902. The molecule has 2 aliphatic rings. The molecule has 2 aromatic rings. The van der Waals surface area contributed by atoms with Gasteiger partial charge in [-0.05, 0) is 37.7 Å². The Labute approximate surface area is 150 Å². The molecule has 0 amide bonds. The summed E-state index contributed by atoms with van der Waals surface area (Å²) >= 11 is 0. The summed E-state index contributed by atoms with van der Waals surface area (Å²) in [4.78, 5) is 35.2. The van der Waals surface area contributed by atoms with E-state index < -0.39 is 5.97 Å². The molecule has 4 rings (SSSR count). The molecule has 1 saturated heterocycles. The third kappa shape index (κ3) is 3.07. The number of methoxy groups -OCH3 is 1. The minimum Gasteiger partial charge on any atom is -0.468 e. The van der Waals surface area contributed by atoms with Crippen LogP contribution in [0.25, 0.3) is 11.3 Å². The first-order valence-corrected chi connectivity index (χ1v) is 8.95. The summed E-state index contributed by atoms with van der Waals surface area (Å²) in [5.74, 6) is 0.266. The van der Waals surface area contributed by atoms with Crippen molar-refractivity contribution in [1.29, 1.82) is 0 Å². The number of hydrogen-bond donors (Lipinski definition) is 0. The van der Waals surface area contributed by atoms with Crippen molar-refractivity contribution in [3.05, 3.63) is 33.9 Å². The van der Waals surface area contributed by atoms with E-state index in [-0.39, 0.29) is 12.1 Å². The molecular weight excluding hydrogens is 334 g/mol. The van der Waals surface area contributed by atoms with Gasteiger partial charge in [0, 0.05) is 30.9 Å². The Hall–Kier alpha value is -2.77. The molecule has 26 heavy (non-hydrogen) atoms. The van der Waals surface area contributed by atoms with Gasteiger partial charge in [-0.2, -0.15) is 5.10 Å². The summed E-state index contributed by atoms with van der Waals surface area (Å²) in [7, 11) is 1.29. The van der Waals surface area contributed by atoms with Gasteiger partial charge >= 0.3 is 5.97 Å². The average molecular weight is 355 g/mol. The van der Waals surface area contributed by atoms with E-state index in [0.717, 1.165) is 47.0 Å². The van der Waals surface area contributed by atoms with Gasteiger partial charge < -0.3 is 9.64 Å². The predicted octanol–water partition coefficient (Wildman–Crippen LogP) is 0.962. The van der Waals surface area contributed by atoms with Crippen molar-refractivity contribution in [2.24, 2.45) is 0 Å². The molecule has 0 atom stereocenters. The van der Waals surface area contributed by atoms with E-state index in [1.807, 2.05) is 0 Å². The lowest BCUT2D eigenvalue weighted by Gasteiger charge is -2.28. The third-order valence-electron chi connectivity index (χ3n) is 4.96. The van der Waals surface area contributed by atoms with E-state index in [2.05, 4.69) is 19.7 Å². The minimum absolute atomic E-state index is 0.204. The summed E-state index contributed by atoms with van der Waals surface area (Å²) in [5, 5.41) is 4.39. The first kappa shape index (κ1) is 16.7. The summed E-state index contributed by atoms with van der Waals surface area (Å²) in [5.41, 5.74) is 3.04. The van der Waals surface area contributed by atoms with Crippen LogP contribution in [-0.2, 0) is 28.9 Å². The average Bonchev–Trinajstić information content (AvgIpc) is 2.68. The maximum absolute atomic E-state index is 12.2. The number of carbonyl (C=O) groups is 1. The van der Waals surface area contributed by atoms with Crippen LogP contribution in [0, 0.1) is 0 Å². The van der Waals surface area contributed by atoms with Crippen LogP contribution >= 0.6 is 0 Å². The Morgan fingerprint density at radius 1 is 1.23 bits per heavy atom. The SMILES string of the molecule is COC(=O)Cn1nc2c(cc1=O)CCc1nc(N3CCCCC3)ncc1-2. The van der Waals surface area contributed by atoms with Crippen LogP contribution < -0.4 is 10.5 Å². The summed E-state index contributed by atoms with van der Waals surface area (Å²) in [6.45, 7) is 1.78. The maximum Gasteiger partial charge on any atom is 0.327 e. The second-order valence-corrected chi connectivity index (χ2v) is 6.67. The van der Waals surface area contributed by atoms with E-state index in [0.29, 0.717) is 12.1 Å². The van der Waals surface area contributed by atoms with Crippen molar-refractivity contribution in [2.75, 3.05) is 25.1 Å². The number of aryl methyl sites for hydroxylation is 2. The van der Waals surface area contributed by atoms with Gasteiger partial charge in [0.25, 0.3) is 5.56 Å². The molecule has 136 valence electrons. The number of nitrogens with zero attached hydrogens (tertiary/aromatic N) is 5. The van der Waals surface area contributed by atoms with Crippen LogP contribution in [0.2, 0.25) is 0 Å². The molecule has 3 heterocycles. The first-order valence-electron chi connectivity index (χ1n) is 8.95. The molecule has 8 heteroatoms. The summed E-state index contributed by atoms with van der Waals surface area (Å²) in [6, 6.07) is 1.55. The van der Waals surface area contributed by atoms with Gasteiger partial charge in [0.05, 0.1) is 18.5 Å². The molecule has 0 radical (unpaired) electrons. The van der Waals surface area contributed by atoms with Crippen LogP contribution in [0.15, 0.2) is 17.1 Å². The van der Waals surface area contributed by atoms with Gasteiger partial charge in [0.2, 0.25) is 5.95 Å². The molecule has 2 aromatic heterocycles. The van der Waals surface area contributed by atoms with Gasteiger partial charge in [-0.3, -0.25) is 9.59 Å². The number of ether oxygens (including phenoxy) is 1.